The van der Waals surface area contributed by atoms with E-state index in [9.17, 15) is 4.79 Å². The third kappa shape index (κ3) is 1.79. The van der Waals surface area contributed by atoms with Crippen LogP contribution in [0.3, 0.4) is 0 Å². The average Bonchev–Trinajstić information content (AvgIpc) is 3.02. The first-order valence-electron chi connectivity index (χ1n) is 5.64. The van der Waals surface area contributed by atoms with E-state index in [-0.39, 0.29) is 5.91 Å². The highest BCUT2D eigenvalue weighted by Gasteiger charge is 2.19. The van der Waals surface area contributed by atoms with E-state index in [2.05, 4.69) is 15.5 Å². The van der Waals surface area contributed by atoms with Crippen LogP contribution in [0.25, 0.3) is 0 Å². The molecule has 0 radical (unpaired) electrons. The summed E-state index contributed by atoms with van der Waals surface area (Å²) in [7, 11) is 0. The number of carbonyl (C=O) groups excluding carboxylic acids is 1. The molecule has 1 aliphatic carbocycles. The van der Waals surface area contributed by atoms with Gasteiger partial charge in [0.05, 0.1) is 11.1 Å². The summed E-state index contributed by atoms with van der Waals surface area (Å²) >= 11 is 1.54. The number of aromatic nitrogens is 2. The summed E-state index contributed by atoms with van der Waals surface area (Å²) in [5.41, 5.74) is 1.63. The lowest BCUT2D eigenvalue weighted by Crippen LogP contribution is -2.11. The molecular weight excluding hydrogens is 248 g/mol. The summed E-state index contributed by atoms with van der Waals surface area (Å²) in [4.78, 5) is 14.0. The lowest BCUT2D eigenvalue weighted by Gasteiger charge is -2.00. The van der Waals surface area contributed by atoms with Crippen LogP contribution in [-0.2, 0) is 12.8 Å². The maximum atomic E-state index is 12.0. The lowest BCUT2D eigenvalue weighted by atomic mass is 10.2. The van der Waals surface area contributed by atoms with Crippen molar-refractivity contribution in [1.82, 2.24) is 10.2 Å². The molecule has 2 N–H and O–H groups in total. The van der Waals surface area contributed by atoms with Crippen molar-refractivity contribution in [2.75, 3.05) is 5.32 Å². The third-order valence-corrected chi connectivity index (χ3v) is 4.20. The van der Waals surface area contributed by atoms with Crippen LogP contribution in [0, 0.1) is 11.3 Å². The molecule has 5 nitrogen and oxygen atoms in total. The number of nitrogens with one attached hydrogen (secondary N) is 2. The number of aryl methyl sites for hydroxylation is 2. The summed E-state index contributed by atoms with van der Waals surface area (Å²) in [6, 6.07) is 3.92. The number of nitrogens with zero attached hydrogens (tertiary/aromatic N) is 2. The molecule has 1 aliphatic rings. The van der Waals surface area contributed by atoms with E-state index < -0.39 is 0 Å². The van der Waals surface area contributed by atoms with Gasteiger partial charge in [-0.15, -0.1) is 11.3 Å². The number of fused-ring (bicyclic) bond motifs is 1. The molecule has 0 unspecified atom stereocenters. The van der Waals surface area contributed by atoms with E-state index in [1.54, 1.807) is 0 Å². The Morgan fingerprint density at radius 1 is 1.56 bits per heavy atom. The summed E-state index contributed by atoms with van der Waals surface area (Å²) in [5, 5.41) is 17.8. The molecule has 0 saturated carbocycles. The van der Waals surface area contributed by atoms with Crippen molar-refractivity contribution < 1.29 is 4.79 Å². The van der Waals surface area contributed by atoms with E-state index in [4.69, 9.17) is 5.26 Å². The molecule has 0 bridgehead atoms. The van der Waals surface area contributed by atoms with E-state index in [1.807, 2.05) is 12.1 Å². The third-order valence-electron chi connectivity index (χ3n) is 2.97. The second-order valence-electron chi connectivity index (χ2n) is 4.14. The number of hydrogen-bond acceptors (Lipinski definition) is 4. The Labute approximate surface area is 107 Å². The van der Waals surface area contributed by atoms with E-state index in [0.717, 1.165) is 12.8 Å². The Morgan fingerprint density at radius 2 is 2.44 bits per heavy atom. The summed E-state index contributed by atoms with van der Waals surface area (Å²) in [5.74, 6) is 0.172. The number of rotatable bonds is 2. The van der Waals surface area contributed by atoms with Crippen LogP contribution in [0.2, 0.25) is 0 Å². The van der Waals surface area contributed by atoms with Crippen LogP contribution in [0.15, 0.2) is 12.3 Å². The zero-order valence-electron chi connectivity index (χ0n) is 9.49. The van der Waals surface area contributed by atoms with Crippen molar-refractivity contribution in [2.24, 2.45) is 0 Å². The molecule has 3 rings (SSSR count). The van der Waals surface area contributed by atoms with E-state index >= 15 is 0 Å². The van der Waals surface area contributed by atoms with Crippen LogP contribution in [0.5, 0.6) is 0 Å². The van der Waals surface area contributed by atoms with Gasteiger partial charge in [-0.25, -0.2) is 0 Å². The molecule has 0 spiro atoms. The summed E-state index contributed by atoms with van der Waals surface area (Å²) in [6.45, 7) is 0. The van der Waals surface area contributed by atoms with Gasteiger partial charge in [-0.3, -0.25) is 9.89 Å². The SMILES string of the molecule is N#Cc1cn[nH]c1NC(=O)c1cc2c(s1)CCC2. The maximum Gasteiger partial charge on any atom is 0.266 e. The van der Waals surface area contributed by atoms with Gasteiger partial charge in [0.2, 0.25) is 0 Å². The van der Waals surface area contributed by atoms with Gasteiger partial charge in [0.1, 0.15) is 17.5 Å². The molecule has 6 heteroatoms. The Bertz CT molecular complexity index is 628. The fourth-order valence-corrected chi connectivity index (χ4v) is 3.23. The van der Waals surface area contributed by atoms with Gasteiger partial charge in [0, 0.05) is 4.88 Å². The fourth-order valence-electron chi connectivity index (χ4n) is 2.08. The van der Waals surface area contributed by atoms with Crippen LogP contribution in [-0.4, -0.2) is 16.1 Å². The molecule has 0 atom stereocenters. The number of anilines is 1. The summed E-state index contributed by atoms with van der Waals surface area (Å²) < 4.78 is 0. The average molecular weight is 258 g/mol. The number of thiophene rings is 1. The van der Waals surface area contributed by atoms with Crippen molar-refractivity contribution in [1.29, 1.82) is 5.26 Å². The van der Waals surface area contributed by atoms with Gasteiger partial charge in [-0.1, -0.05) is 0 Å². The van der Waals surface area contributed by atoms with Gasteiger partial charge in [0.25, 0.3) is 5.91 Å². The monoisotopic (exact) mass is 258 g/mol. The minimum Gasteiger partial charge on any atom is -0.305 e. The van der Waals surface area contributed by atoms with Gasteiger partial charge in [-0.2, -0.15) is 10.4 Å². The van der Waals surface area contributed by atoms with Crippen molar-refractivity contribution in [3.05, 3.63) is 33.1 Å². The Morgan fingerprint density at radius 3 is 3.22 bits per heavy atom. The first kappa shape index (κ1) is 11.0. The minimum absolute atomic E-state index is 0.185. The van der Waals surface area contributed by atoms with Crippen LogP contribution >= 0.6 is 11.3 Å². The normalized spacial score (nSPS) is 13.1. The predicted octanol–water partition coefficient (Wildman–Crippen LogP) is 2.08. The van der Waals surface area contributed by atoms with Crippen molar-refractivity contribution in [3.8, 4) is 6.07 Å². The molecule has 2 aromatic rings. The van der Waals surface area contributed by atoms with Crippen LogP contribution in [0.1, 0.15) is 32.1 Å². The van der Waals surface area contributed by atoms with Crippen molar-refractivity contribution in [2.45, 2.75) is 19.3 Å². The molecule has 0 fully saturated rings. The van der Waals surface area contributed by atoms with E-state index in [1.165, 1.54) is 34.4 Å². The van der Waals surface area contributed by atoms with Crippen LogP contribution in [0.4, 0.5) is 5.82 Å². The number of H-pyrrole nitrogens is 1. The second-order valence-corrected chi connectivity index (χ2v) is 5.27. The number of carbonyl (C=O) groups is 1. The highest BCUT2D eigenvalue weighted by molar-refractivity contribution is 7.14. The zero-order valence-corrected chi connectivity index (χ0v) is 10.3. The summed E-state index contributed by atoms with van der Waals surface area (Å²) in [6.07, 6.45) is 4.71. The topological polar surface area (TPSA) is 81.6 Å². The molecule has 2 heterocycles. The fraction of sp³-hybridized carbons (Fsp3) is 0.250. The van der Waals surface area contributed by atoms with Gasteiger partial charge >= 0.3 is 0 Å². The molecule has 1 amide bonds. The van der Waals surface area contributed by atoms with Crippen molar-refractivity contribution >= 4 is 23.1 Å². The van der Waals surface area contributed by atoms with Gasteiger partial charge in [-0.05, 0) is 30.9 Å². The smallest absolute Gasteiger partial charge is 0.266 e. The number of amides is 1. The van der Waals surface area contributed by atoms with Gasteiger partial charge in [0.15, 0.2) is 0 Å². The molecular formula is C12H10N4OS. The predicted molar refractivity (Wildman–Crippen MR) is 67.6 cm³/mol. The highest BCUT2D eigenvalue weighted by Crippen LogP contribution is 2.30. The zero-order chi connectivity index (χ0) is 12.5. The first-order valence-corrected chi connectivity index (χ1v) is 6.46. The number of nitriles is 1. The Balaban J connectivity index is 1.81. The minimum atomic E-state index is -0.185. The number of aromatic amines is 1. The highest BCUT2D eigenvalue weighted by atomic mass is 32.1. The standard InChI is InChI=1S/C12H10N4OS/c13-5-8-6-14-16-11(8)15-12(17)10-4-7-2-1-3-9(7)18-10/h4,6H,1-3H2,(H2,14,15,16,17). The largest absolute Gasteiger partial charge is 0.305 e. The van der Waals surface area contributed by atoms with E-state index in [0.29, 0.717) is 16.3 Å². The molecule has 0 aliphatic heterocycles. The number of hydrogen-bond donors (Lipinski definition) is 2. The molecule has 18 heavy (non-hydrogen) atoms. The quantitative estimate of drug-likeness (QED) is 0.865. The molecule has 90 valence electrons. The molecule has 0 aromatic carbocycles. The lowest BCUT2D eigenvalue weighted by molar-refractivity contribution is 0.103. The maximum absolute atomic E-state index is 12.0. The Hall–Kier alpha value is -2.13. The molecule has 2 aromatic heterocycles. The van der Waals surface area contributed by atoms with Gasteiger partial charge < -0.3 is 5.32 Å². The van der Waals surface area contributed by atoms with Crippen LogP contribution < -0.4 is 5.32 Å². The Kier molecular flexibility index (Phi) is 2.61. The van der Waals surface area contributed by atoms with Crippen molar-refractivity contribution in [3.63, 3.8) is 0 Å². The molecule has 0 saturated heterocycles. The second kappa shape index (κ2) is 4.27. The first-order chi connectivity index (χ1) is 8.78.